The highest BCUT2D eigenvalue weighted by molar-refractivity contribution is 7.12. The molecule has 0 radical (unpaired) electrons. The second-order valence-corrected chi connectivity index (χ2v) is 11.0. The van der Waals surface area contributed by atoms with Crippen molar-refractivity contribution < 1.29 is 0 Å². The topological polar surface area (TPSA) is 80.6 Å². The van der Waals surface area contributed by atoms with Crippen LogP contribution in [0.25, 0.3) is 16.9 Å². The third kappa shape index (κ3) is 3.85. The van der Waals surface area contributed by atoms with Crippen LogP contribution in [0.4, 0.5) is 0 Å². The van der Waals surface area contributed by atoms with Crippen LogP contribution >= 0.6 is 34.5 Å². The van der Waals surface area contributed by atoms with Gasteiger partial charge in [-0.25, -0.2) is 9.78 Å². The Kier molecular flexibility index (Phi) is 5.87. The Morgan fingerprint density at radius 2 is 1.70 bits per heavy atom. The summed E-state index contributed by atoms with van der Waals surface area (Å²) in [5.41, 5.74) is 3.55. The van der Waals surface area contributed by atoms with Crippen molar-refractivity contribution in [3.05, 3.63) is 130 Å². The number of fused-ring (bicyclic) bond motifs is 1. The molecular weight excluding hydrogens is 527 g/mol. The van der Waals surface area contributed by atoms with Crippen LogP contribution in [0.5, 0.6) is 0 Å². The monoisotopic (exact) mass is 546 g/mol. The molecule has 0 amide bonds. The average molecular weight is 547 g/mol. The van der Waals surface area contributed by atoms with E-state index in [2.05, 4.69) is 41.3 Å². The van der Waals surface area contributed by atoms with Crippen molar-refractivity contribution in [3.63, 3.8) is 0 Å². The van der Waals surface area contributed by atoms with E-state index in [0.717, 1.165) is 56.0 Å². The van der Waals surface area contributed by atoms with E-state index in [0.29, 0.717) is 15.7 Å². The lowest BCUT2D eigenvalue weighted by Gasteiger charge is -2.31. The zero-order valence-electron chi connectivity index (χ0n) is 19.7. The number of rotatable bonds is 4. The van der Waals surface area contributed by atoms with Gasteiger partial charge in [-0.15, -0.1) is 11.3 Å². The molecule has 0 fully saturated rings. The summed E-state index contributed by atoms with van der Waals surface area (Å²) in [5.74, 6) is 0. The van der Waals surface area contributed by atoms with E-state index >= 15 is 0 Å². The van der Waals surface area contributed by atoms with Crippen LogP contribution in [0.1, 0.15) is 33.0 Å². The second-order valence-electron chi connectivity index (χ2n) is 8.99. The van der Waals surface area contributed by atoms with Crippen LogP contribution in [0.2, 0.25) is 10.0 Å². The van der Waals surface area contributed by atoms with Crippen LogP contribution in [0, 0.1) is 6.92 Å². The van der Waals surface area contributed by atoms with Crippen molar-refractivity contribution in [3.8, 4) is 16.9 Å². The van der Waals surface area contributed by atoms with Gasteiger partial charge in [0, 0.05) is 26.0 Å². The van der Waals surface area contributed by atoms with Crippen molar-refractivity contribution in [1.29, 1.82) is 0 Å². The fourth-order valence-electron chi connectivity index (χ4n) is 5.27. The highest BCUT2D eigenvalue weighted by Crippen LogP contribution is 2.54. The average Bonchev–Trinajstić information content (AvgIpc) is 3.46. The van der Waals surface area contributed by atoms with Gasteiger partial charge in [0.1, 0.15) is 11.2 Å². The molecule has 1 unspecified atom stereocenters. The molecule has 5 aromatic rings. The lowest BCUT2D eigenvalue weighted by Crippen LogP contribution is -2.31. The number of H-pyrrole nitrogens is 1. The van der Waals surface area contributed by atoms with Crippen LogP contribution in [-0.4, -0.2) is 19.7 Å². The summed E-state index contributed by atoms with van der Waals surface area (Å²) in [7, 11) is 0. The van der Waals surface area contributed by atoms with Crippen LogP contribution < -0.4 is 11.2 Å². The number of aryl methyl sites for hydroxylation is 2. The predicted molar refractivity (Wildman–Crippen MR) is 147 cm³/mol. The van der Waals surface area contributed by atoms with Crippen molar-refractivity contribution in [2.75, 3.05) is 0 Å². The maximum Gasteiger partial charge on any atom is 0.349 e. The molecular formula is C28H20Cl2N4O2S. The van der Waals surface area contributed by atoms with Crippen molar-refractivity contribution in [2.45, 2.75) is 25.2 Å². The fourth-order valence-corrected chi connectivity index (χ4v) is 7.24. The van der Waals surface area contributed by atoms with E-state index in [4.69, 9.17) is 28.2 Å². The van der Waals surface area contributed by atoms with Crippen molar-refractivity contribution in [1.82, 2.24) is 19.7 Å². The summed E-state index contributed by atoms with van der Waals surface area (Å²) in [5, 5.41) is 5.66. The molecule has 0 bridgehead atoms. The minimum absolute atomic E-state index is 0.363. The first-order valence-corrected chi connectivity index (χ1v) is 13.3. The van der Waals surface area contributed by atoms with Gasteiger partial charge in [-0.1, -0.05) is 77.8 Å². The van der Waals surface area contributed by atoms with Gasteiger partial charge in [-0.2, -0.15) is 9.78 Å². The minimum atomic E-state index is -0.670. The van der Waals surface area contributed by atoms with Gasteiger partial charge in [-0.05, 0) is 43.0 Å². The Bertz CT molecular complexity index is 1750. The Balaban J connectivity index is 1.60. The number of hydrogen-bond acceptors (Lipinski definition) is 5. The van der Waals surface area contributed by atoms with Gasteiger partial charge in [0.25, 0.3) is 5.56 Å². The summed E-state index contributed by atoms with van der Waals surface area (Å²) in [6, 6.07) is 21.8. The molecule has 1 aliphatic carbocycles. The van der Waals surface area contributed by atoms with E-state index in [9.17, 15) is 9.59 Å². The molecule has 1 atom stereocenters. The molecule has 1 N–H and O–H groups in total. The van der Waals surface area contributed by atoms with E-state index < -0.39 is 16.7 Å². The van der Waals surface area contributed by atoms with Gasteiger partial charge in [0.2, 0.25) is 0 Å². The number of thiazole rings is 1. The maximum absolute atomic E-state index is 12.4. The molecule has 37 heavy (non-hydrogen) atoms. The molecule has 1 aliphatic rings. The number of hydrogen-bond donors (Lipinski definition) is 1. The Hall–Kier alpha value is -3.52. The van der Waals surface area contributed by atoms with E-state index in [-0.39, 0.29) is 0 Å². The molecule has 3 aromatic carbocycles. The lowest BCUT2D eigenvalue weighted by molar-refractivity contribution is 0.606. The van der Waals surface area contributed by atoms with E-state index in [1.165, 1.54) is 5.56 Å². The predicted octanol–water partition coefficient (Wildman–Crippen LogP) is 5.94. The first-order chi connectivity index (χ1) is 17.9. The van der Waals surface area contributed by atoms with Crippen molar-refractivity contribution in [2.24, 2.45) is 0 Å². The molecule has 0 spiro atoms. The number of nitrogens with zero attached hydrogens (tertiary/aromatic N) is 3. The van der Waals surface area contributed by atoms with Gasteiger partial charge < -0.3 is 0 Å². The molecule has 0 aliphatic heterocycles. The lowest BCUT2D eigenvalue weighted by atomic mass is 9.75. The molecule has 6 nitrogen and oxygen atoms in total. The number of aromatic nitrogens is 4. The summed E-state index contributed by atoms with van der Waals surface area (Å²) < 4.78 is 1.07. The fraction of sp³-hybridized carbons (Fsp3) is 0.143. The second kappa shape index (κ2) is 9.10. The minimum Gasteiger partial charge on any atom is -0.271 e. The number of halogens is 2. The standard InChI is InChI=1S/C28H20Cl2N4O2S/c1-16-25(18-8-3-2-4-9-18)33-26(37-16)28(12-11-17-7-5-6-10-20(17)28)24-21(29)13-19(14-22(24)30)34-27(36)32-23(35)15-31-34/h2-10,13-15H,11-12H2,1H3,(H,32,35,36). The number of benzene rings is 3. The number of aromatic amines is 1. The quantitative estimate of drug-likeness (QED) is 0.302. The number of nitrogens with one attached hydrogen (secondary N) is 1. The summed E-state index contributed by atoms with van der Waals surface area (Å²) in [6.07, 6.45) is 2.64. The van der Waals surface area contributed by atoms with E-state index in [1.54, 1.807) is 23.5 Å². The van der Waals surface area contributed by atoms with Gasteiger partial charge in [0.05, 0.1) is 16.8 Å². The summed E-state index contributed by atoms with van der Waals surface area (Å²) in [4.78, 5) is 32.4. The Morgan fingerprint density at radius 3 is 2.43 bits per heavy atom. The molecule has 6 rings (SSSR count). The van der Waals surface area contributed by atoms with Gasteiger partial charge in [-0.3, -0.25) is 9.78 Å². The van der Waals surface area contributed by atoms with Crippen LogP contribution in [0.15, 0.2) is 82.5 Å². The molecule has 2 heterocycles. The molecule has 184 valence electrons. The zero-order chi connectivity index (χ0) is 25.7. The van der Waals surface area contributed by atoms with Crippen LogP contribution in [-0.2, 0) is 11.8 Å². The summed E-state index contributed by atoms with van der Waals surface area (Å²) >= 11 is 15.6. The SMILES string of the molecule is Cc1sc(C2(c3c(Cl)cc(-n4ncc(=O)[nH]c4=O)cc3Cl)CCc3ccccc32)nc1-c1ccccc1. The third-order valence-corrected chi connectivity index (χ3v) is 8.60. The largest absolute Gasteiger partial charge is 0.349 e. The third-order valence-electron chi connectivity index (χ3n) is 6.87. The normalized spacial score (nSPS) is 16.6. The van der Waals surface area contributed by atoms with Gasteiger partial charge in [0.15, 0.2) is 0 Å². The first-order valence-electron chi connectivity index (χ1n) is 11.7. The smallest absolute Gasteiger partial charge is 0.271 e. The summed E-state index contributed by atoms with van der Waals surface area (Å²) in [6.45, 7) is 2.08. The maximum atomic E-state index is 12.4. The molecule has 9 heteroatoms. The van der Waals surface area contributed by atoms with E-state index in [1.807, 2.05) is 30.3 Å². The molecule has 0 saturated carbocycles. The zero-order valence-corrected chi connectivity index (χ0v) is 22.0. The van der Waals surface area contributed by atoms with Crippen LogP contribution in [0.3, 0.4) is 0 Å². The van der Waals surface area contributed by atoms with Crippen molar-refractivity contribution >= 4 is 34.5 Å². The molecule has 2 aromatic heterocycles. The van der Waals surface area contributed by atoms with Gasteiger partial charge >= 0.3 is 5.69 Å². The first kappa shape index (κ1) is 23.9. The Labute approximate surface area is 226 Å². The Morgan fingerprint density at radius 1 is 1.00 bits per heavy atom. The highest BCUT2D eigenvalue weighted by atomic mass is 35.5. The highest BCUT2D eigenvalue weighted by Gasteiger charge is 2.47. The molecule has 0 saturated heterocycles.